The van der Waals surface area contributed by atoms with E-state index >= 15 is 0 Å². The number of nitrogens with zero attached hydrogens (tertiary/aromatic N) is 6. The van der Waals surface area contributed by atoms with Gasteiger partial charge in [-0.2, -0.15) is 0 Å². The summed E-state index contributed by atoms with van der Waals surface area (Å²) in [7, 11) is 0. The lowest BCUT2D eigenvalue weighted by molar-refractivity contribution is 0.306. The molecule has 0 saturated heterocycles. The van der Waals surface area contributed by atoms with Crippen LogP contribution in [0.2, 0.25) is 0 Å². The number of benzene rings is 5. The second-order valence-corrected chi connectivity index (χ2v) is 18.8. The summed E-state index contributed by atoms with van der Waals surface area (Å²) in [5.41, 5.74) is 21.3. The van der Waals surface area contributed by atoms with Gasteiger partial charge in [0.25, 0.3) is 0 Å². The van der Waals surface area contributed by atoms with Gasteiger partial charge in [-0.05, 0) is 121 Å². The third kappa shape index (κ3) is 9.63. The maximum Gasteiger partial charge on any atom is 0.213 e. The smallest absolute Gasteiger partial charge is 0.213 e. The van der Waals surface area contributed by atoms with Gasteiger partial charge < -0.3 is 14.2 Å². The fourth-order valence-corrected chi connectivity index (χ4v) is 10.2. The van der Waals surface area contributed by atoms with E-state index in [1.165, 1.54) is 0 Å². The molecule has 9 nitrogen and oxygen atoms in total. The average molecular weight is 973 g/mol. The average Bonchev–Trinajstić information content (AvgIpc) is 3.47. The topological polar surface area (TPSA) is 105 Å². The summed E-state index contributed by atoms with van der Waals surface area (Å²) in [5.74, 6) is 1.68. The lowest BCUT2D eigenvalue weighted by Crippen LogP contribution is -2.08. The van der Waals surface area contributed by atoms with Crippen LogP contribution in [0.1, 0.15) is 16.7 Å². The van der Waals surface area contributed by atoms with Crippen molar-refractivity contribution in [2.24, 2.45) is 0 Å². The highest BCUT2D eigenvalue weighted by atomic mass is 16.5. The van der Waals surface area contributed by atoms with Crippen LogP contribution >= 0.6 is 0 Å². The van der Waals surface area contributed by atoms with Gasteiger partial charge in [-0.25, -0.2) is 15.0 Å². The molecule has 0 amide bonds. The van der Waals surface area contributed by atoms with Gasteiger partial charge in [0.15, 0.2) is 0 Å². The number of hydrogen-bond donors (Lipinski definition) is 0. The number of rotatable bonds is 0. The molecule has 0 fully saturated rings. The monoisotopic (exact) mass is 972 g/mol. The third-order valence-corrected chi connectivity index (χ3v) is 14.0. The lowest BCUT2D eigenvalue weighted by Gasteiger charge is -2.18. The first-order valence-corrected chi connectivity index (χ1v) is 25.3. The molecule has 360 valence electrons. The van der Waals surface area contributed by atoms with Crippen LogP contribution in [0.15, 0.2) is 219 Å². The Hall–Kier alpha value is -9.60. The Balaban J connectivity index is 0.989. The molecule has 0 unspecified atom stereocenters. The summed E-state index contributed by atoms with van der Waals surface area (Å²) in [5, 5.41) is 0. The molecule has 18 bridgehead atoms. The molecule has 6 aromatic heterocycles. The SMILES string of the molecule is c1ccc2c(c1)-c1ccc(nc1)-c1ccc(nc1)OCCc1cc3cc(c1)CCOc1ccc(cn1)-c1ccc(cn1)-c1ccccc1-c1cc-2cc(c1)-c1ccccc1-c1ccc(nc1)-c1ccc(nc1)OCC3. The van der Waals surface area contributed by atoms with Crippen molar-refractivity contribution in [1.29, 1.82) is 0 Å². The molecule has 11 aromatic rings. The molecule has 5 aromatic carbocycles. The van der Waals surface area contributed by atoms with Gasteiger partial charge >= 0.3 is 0 Å². The van der Waals surface area contributed by atoms with Crippen LogP contribution in [-0.4, -0.2) is 49.7 Å². The Morgan fingerprint density at radius 3 is 0.760 bits per heavy atom. The predicted molar refractivity (Wildman–Crippen MR) is 296 cm³/mol. The van der Waals surface area contributed by atoms with Crippen LogP contribution in [0.3, 0.4) is 0 Å². The maximum atomic E-state index is 6.25. The summed E-state index contributed by atoms with van der Waals surface area (Å²) in [6.45, 7) is 1.37. The molecule has 0 saturated carbocycles. The Labute approximate surface area is 435 Å². The number of pyridine rings is 6. The highest BCUT2D eigenvalue weighted by Gasteiger charge is 2.18. The zero-order valence-electron chi connectivity index (χ0n) is 40.9. The molecule has 21 aliphatic rings. The molecule has 0 radical (unpaired) electrons. The van der Waals surface area contributed by atoms with Crippen LogP contribution in [0.5, 0.6) is 17.6 Å². The minimum absolute atomic E-state index is 0.458. The van der Waals surface area contributed by atoms with Gasteiger partial charge in [-0.1, -0.05) is 109 Å². The Bertz CT molecular complexity index is 3400. The Morgan fingerprint density at radius 2 is 0.507 bits per heavy atom. The molecule has 75 heavy (non-hydrogen) atoms. The molecule has 0 spiro atoms. The number of hydrogen-bond acceptors (Lipinski definition) is 9. The lowest BCUT2D eigenvalue weighted by atomic mass is 9.86. The first-order valence-electron chi connectivity index (χ1n) is 25.3. The van der Waals surface area contributed by atoms with E-state index < -0.39 is 0 Å². The molecular formula is C66H48N6O3. The van der Waals surface area contributed by atoms with E-state index in [2.05, 4.69) is 146 Å². The van der Waals surface area contributed by atoms with Crippen LogP contribution in [0.4, 0.5) is 0 Å². The minimum Gasteiger partial charge on any atom is -0.477 e. The van der Waals surface area contributed by atoms with Crippen molar-refractivity contribution in [1.82, 2.24) is 29.9 Å². The first-order chi connectivity index (χ1) is 37.1. The normalized spacial score (nSPS) is 12.8. The standard InChI is InChI=1S/C66H48N6O3/c1-4-10-58-52-34-53-36-54(35-52)60-12-6-3-9-57(60)48-15-21-63(69-39-48)51-18-24-66(72-42-51)75-30-27-45-32-43(25-28-73-64-22-16-49(40-70-64)61-19-13-46(37-67-61)55(58)7-1)31-44(33-45)26-29-74-65-23-17-50(41-71-65)62-20-14-47(38-68-62)56-8-2-5-11-59(53)56/h1-24,31-42H,25-30H2. The van der Waals surface area contributed by atoms with E-state index in [-0.39, 0.29) is 0 Å². The zero-order valence-corrected chi connectivity index (χ0v) is 40.9. The highest BCUT2D eigenvalue weighted by Crippen LogP contribution is 2.42. The molecule has 32 rings (SSSR count). The van der Waals surface area contributed by atoms with E-state index in [1.54, 1.807) is 0 Å². The van der Waals surface area contributed by atoms with Gasteiger partial charge in [0.05, 0.1) is 36.9 Å². The zero-order chi connectivity index (χ0) is 49.9. The van der Waals surface area contributed by atoms with Gasteiger partial charge in [-0.15, -0.1) is 0 Å². The summed E-state index contributed by atoms with van der Waals surface area (Å²) < 4.78 is 18.7. The number of aromatic nitrogens is 6. The van der Waals surface area contributed by atoms with Gasteiger partial charge in [-0.3, -0.25) is 15.0 Å². The summed E-state index contributed by atoms with van der Waals surface area (Å²) >= 11 is 0. The predicted octanol–water partition coefficient (Wildman–Crippen LogP) is 14.6. The van der Waals surface area contributed by atoms with Crippen molar-refractivity contribution >= 4 is 0 Å². The quantitative estimate of drug-likeness (QED) is 0.147. The first kappa shape index (κ1) is 45.3. The van der Waals surface area contributed by atoms with E-state index in [0.717, 1.165) is 117 Å². The minimum atomic E-state index is 0.458. The van der Waals surface area contributed by atoms with Crippen LogP contribution in [-0.2, 0) is 19.3 Å². The Morgan fingerprint density at radius 1 is 0.240 bits per heavy atom. The fourth-order valence-electron chi connectivity index (χ4n) is 10.2. The van der Waals surface area contributed by atoms with Crippen LogP contribution in [0.25, 0.3) is 101 Å². The summed E-state index contributed by atoms with van der Waals surface area (Å²) in [4.78, 5) is 29.1. The van der Waals surface area contributed by atoms with Crippen molar-refractivity contribution in [2.45, 2.75) is 19.3 Å². The highest BCUT2D eigenvalue weighted by molar-refractivity contribution is 5.94. The largest absolute Gasteiger partial charge is 0.477 e. The van der Waals surface area contributed by atoms with Crippen LogP contribution < -0.4 is 14.2 Å². The van der Waals surface area contributed by atoms with E-state index in [1.807, 2.05) is 73.6 Å². The van der Waals surface area contributed by atoms with Crippen molar-refractivity contribution in [3.63, 3.8) is 0 Å². The van der Waals surface area contributed by atoms with Gasteiger partial charge in [0.2, 0.25) is 17.6 Å². The van der Waals surface area contributed by atoms with Crippen molar-refractivity contribution < 1.29 is 14.2 Å². The molecule has 21 aliphatic heterocycles. The summed E-state index contributed by atoms with van der Waals surface area (Å²) in [6.07, 6.45) is 13.5. The van der Waals surface area contributed by atoms with Crippen molar-refractivity contribution in [3.8, 4) is 118 Å². The van der Waals surface area contributed by atoms with E-state index in [4.69, 9.17) is 44.1 Å². The van der Waals surface area contributed by atoms with Gasteiger partial charge in [0, 0.05) is 108 Å². The van der Waals surface area contributed by atoms with Crippen LogP contribution in [0, 0.1) is 0 Å². The third-order valence-electron chi connectivity index (χ3n) is 14.0. The fraction of sp³-hybridized carbons (Fsp3) is 0.0909. The molecular weight excluding hydrogens is 925 g/mol. The molecule has 27 heterocycles. The molecule has 9 heteroatoms. The van der Waals surface area contributed by atoms with E-state index in [0.29, 0.717) is 56.7 Å². The summed E-state index contributed by atoms with van der Waals surface area (Å²) in [6, 6.07) is 63.8. The molecule has 0 N–H and O–H groups in total. The number of ether oxygens (including phenoxy) is 3. The molecule has 0 atom stereocenters. The van der Waals surface area contributed by atoms with Gasteiger partial charge in [0.1, 0.15) is 0 Å². The molecule has 0 aliphatic carbocycles. The van der Waals surface area contributed by atoms with Crippen molar-refractivity contribution in [3.05, 3.63) is 236 Å². The Kier molecular flexibility index (Phi) is 12.2. The van der Waals surface area contributed by atoms with Crippen molar-refractivity contribution in [2.75, 3.05) is 19.8 Å². The van der Waals surface area contributed by atoms with E-state index in [9.17, 15) is 0 Å². The second kappa shape index (κ2) is 20.1. The maximum absolute atomic E-state index is 6.25. The second-order valence-electron chi connectivity index (χ2n) is 18.8.